The summed E-state index contributed by atoms with van der Waals surface area (Å²) in [7, 11) is 0. The lowest BCUT2D eigenvalue weighted by Crippen LogP contribution is -2.48. The van der Waals surface area contributed by atoms with Gasteiger partial charge in [-0.05, 0) is 39.8 Å². The first-order valence-corrected chi connectivity index (χ1v) is 9.22. The molecule has 0 radical (unpaired) electrons. The number of rotatable bonds is 3. The SMILES string of the molecule is Cc1ccc(CNC(=O)C2=NOC3(CCN(C(=O)OC(C)(C)C)CC3)C2)o1. The molecule has 0 saturated carbocycles. The highest BCUT2D eigenvalue weighted by molar-refractivity contribution is 6.39. The van der Waals surface area contributed by atoms with Gasteiger partial charge in [0.15, 0.2) is 0 Å². The zero-order valence-corrected chi connectivity index (χ0v) is 16.3. The van der Waals surface area contributed by atoms with E-state index in [1.165, 1.54) is 0 Å². The van der Waals surface area contributed by atoms with Gasteiger partial charge in [0.25, 0.3) is 5.91 Å². The van der Waals surface area contributed by atoms with Crippen molar-refractivity contribution in [1.29, 1.82) is 0 Å². The molecule has 3 rings (SSSR count). The van der Waals surface area contributed by atoms with Crippen molar-refractivity contribution in [3.05, 3.63) is 23.7 Å². The lowest BCUT2D eigenvalue weighted by atomic mass is 9.87. The van der Waals surface area contributed by atoms with Gasteiger partial charge in [-0.15, -0.1) is 0 Å². The van der Waals surface area contributed by atoms with Gasteiger partial charge in [-0.1, -0.05) is 5.16 Å². The van der Waals surface area contributed by atoms with Crippen LogP contribution in [0.4, 0.5) is 4.79 Å². The summed E-state index contributed by atoms with van der Waals surface area (Å²) in [5.74, 6) is 1.24. The van der Waals surface area contributed by atoms with Gasteiger partial charge in [0.1, 0.15) is 28.4 Å². The number of aryl methyl sites for hydroxylation is 1. The molecule has 0 aromatic carbocycles. The number of hydrogen-bond acceptors (Lipinski definition) is 6. The van der Waals surface area contributed by atoms with Crippen LogP contribution >= 0.6 is 0 Å². The lowest BCUT2D eigenvalue weighted by Gasteiger charge is -2.37. The maximum Gasteiger partial charge on any atom is 0.410 e. The van der Waals surface area contributed by atoms with Gasteiger partial charge in [-0.3, -0.25) is 4.79 Å². The number of carbonyl (C=O) groups is 2. The average Bonchev–Trinajstić information content (AvgIpc) is 3.19. The number of hydrogen-bond donors (Lipinski definition) is 1. The van der Waals surface area contributed by atoms with Crippen molar-refractivity contribution in [3.63, 3.8) is 0 Å². The highest BCUT2D eigenvalue weighted by Gasteiger charge is 2.45. The van der Waals surface area contributed by atoms with Crippen LogP contribution in [0, 0.1) is 6.92 Å². The summed E-state index contributed by atoms with van der Waals surface area (Å²) in [6, 6.07) is 3.68. The van der Waals surface area contributed by atoms with Crippen LogP contribution < -0.4 is 5.32 Å². The Balaban J connectivity index is 1.47. The van der Waals surface area contributed by atoms with Gasteiger partial charge < -0.3 is 24.2 Å². The molecule has 1 saturated heterocycles. The average molecular weight is 377 g/mol. The van der Waals surface area contributed by atoms with Gasteiger partial charge in [0, 0.05) is 32.4 Å². The van der Waals surface area contributed by atoms with E-state index in [1.54, 1.807) is 4.90 Å². The highest BCUT2D eigenvalue weighted by Crippen LogP contribution is 2.35. The smallest absolute Gasteiger partial charge is 0.410 e. The number of amides is 2. The zero-order valence-electron chi connectivity index (χ0n) is 16.3. The fourth-order valence-electron chi connectivity index (χ4n) is 3.18. The van der Waals surface area contributed by atoms with E-state index < -0.39 is 11.2 Å². The number of oxime groups is 1. The van der Waals surface area contributed by atoms with E-state index in [1.807, 2.05) is 39.8 Å². The fraction of sp³-hybridized carbons (Fsp3) is 0.632. The van der Waals surface area contributed by atoms with E-state index in [-0.39, 0.29) is 12.0 Å². The van der Waals surface area contributed by atoms with Gasteiger partial charge in [-0.25, -0.2) is 4.79 Å². The van der Waals surface area contributed by atoms with Crippen molar-refractivity contribution in [1.82, 2.24) is 10.2 Å². The predicted molar refractivity (Wildman–Crippen MR) is 98.2 cm³/mol. The molecule has 1 aromatic heterocycles. The number of nitrogens with one attached hydrogen (secondary N) is 1. The molecule has 0 unspecified atom stereocenters. The molecule has 1 aromatic rings. The van der Waals surface area contributed by atoms with Gasteiger partial charge in [0.2, 0.25) is 0 Å². The van der Waals surface area contributed by atoms with E-state index in [4.69, 9.17) is 14.0 Å². The Hall–Kier alpha value is -2.51. The summed E-state index contributed by atoms with van der Waals surface area (Å²) >= 11 is 0. The summed E-state index contributed by atoms with van der Waals surface area (Å²) in [4.78, 5) is 31.8. The largest absolute Gasteiger partial charge is 0.465 e. The number of likely N-dealkylation sites (tertiary alicyclic amines) is 1. The third-order valence-corrected chi connectivity index (χ3v) is 4.65. The Labute approximate surface area is 158 Å². The molecule has 8 nitrogen and oxygen atoms in total. The second-order valence-electron chi connectivity index (χ2n) is 8.15. The first kappa shape index (κ1) is 19.3. The molecule has 8 heteroatoms. The van der Waals surface area contributed by atoms with Crippen molar-refractivity contribution in [2.45, 2.75) is 64.7 Å². The molecule has 1 N–H and O–H groups in total. The summed E-state index contributed by atoms with van der Waals surface area (Å²) in [5.41, 5.74) is -0.646. The molecular formula is C19H27N3O5. The summed E-state index contributed by atoms with van der Waals surface area (Å²) < 4.78 is 10.8. The lowest BCUT2D eigenvalue weighted by molar-refractivity contribution is -0.115. The minimum Gasteiger partial charge on any atom is -0.465 e. The maximum atomic E-state index is 12.3. The van der Waals surface area contributed by atoms with Gasteiger partial charge >= 0.3 is 6.09 Å². The van der Waals surface area contributed by atoms with Crippen LogP contribution in [0.2, 0.25) is 0 Å². The van der Waals surface area contributed by atoms with Crippen molar-refractivity contribution < 1.29 is 23.6 Å². The standard InChI is InChI=1S/C19H27N3O5/c1-13-5-6-14(25-13)12-20-16(23)15-11-19(27-21-15)7-9-22(10-8-19)17(24)26-18(2,3)4/h5-6H,7-12H2,1-4H3,(H,20,23). The Kier molecular flexibility index (Phi) is 5.17. The molecule has 2 aliphatic rings. The molecule has 148 valence electrons. The van der Waals surface area contributed by atoms with E-state index >= 15 is 0 Å². The van der Waals surface area contributed by atoms with Crippen molar-refractivity contribution in [2.24, 2.45) is 5.16 Å². The van der Waals surface area contributed by atoms with Crippen LogP contribution in [0.5, 0.6) is 0 Å². The van der Waals surface area contributed by atoms with Crippen LogP contribution in [0.3, 0.4) is 0 Å². The van der Waals surface area contributed by atoms with Crippen LogP contribution in [-0.2, 0) is 20.9 Å². The first-order chi connectivity index (χ1) is 12.7. The molecule has 1 spiro atoms. The Morgan fingerprint density at radius 2 is 2.00 bits per heavy atom. The second kappa shape index (κ2) is 7.25. The number of ether oxygens (including phenoxy) is 1. The van der Waals surface area contributed by atoms with Crippen LogP contribution in [0.1, 0.15) is 51.6 Å². The zero-order chi connectivity index (χ0) is 19.7. The third kappa shape index (κ3) is 4.81. The van der Waals surface area contributed by atoms with Crippen LogP contribution in [-0.4, -0.2) is 46.9 Å². The summed E-state index contributed by atoms with van der Waals surface area (Å²) in [5, 5.41) is 6.80. The summed E-state index contributed by atoms with van der Waals surface area (Å²) in [6.45, 7) is 8.74. The highest BCUT2D eigenvalue weighted by atomic mass is 16.7. The Bertz CT molecular complexity index is 739. The molecule has 2 aliphatic heterocycles. The third-order valence-electron chi connectivity index (χ3n) is 4.65. The van der Waals surface area contributed by atoms with E-state index in [0.29, 0.717) is 50.4 Å². The van der Waals surface area contributed by atoms with Crippen molar-refractivity contribution >= 4 is 17.7 Å². The number of nitrogens with zero attached hydrogens (tertiary/aromatic N) is 2. The minimum atomic E-state index is -0.517. The number of carbonyl (C=O) groups excluding carboxylic acids is 2. The molecule has 3 heterocycles. The predicted octanol–water partition coefficient (Wildman–Crippen LogP) is 2.75. The monoisotopic (exact) mass is 377 g/mol. The fourth-order valence-corrected chi connectivity index (χ4v) is 3.18. The molecule has 0 aliphatic carbocycles. The van der Waals surface area contributed by atoms with Crippen molar-refractivity contribution in [3.8, 4) is 0 Å². The minimum absolute atomic E-state index is 0.254. The normalized spacial score (nSPS) is 18.8. The van der Waals surface area contributed by atoms with E-state index in [2.05, 4.69) is 10.5 Å². The van der Waals surface area contributed by atoms with Crippen LogP contribution in [0.15, 0.2) is 21.7 Å². The second-order valence-corrected chi connectivity index (χ2v) is 8.15. The quantitative estimate of drug-likeness (QED) is 0.874. The molecule has 2 amide bonds. The molecule has 0 atom stereocenters. The van der Waals surface area contributed by atoms with Gasteiger partial charge in [0.05, 0.1) is 6.54 Å². The van der Waals surface area contributed by atoms with Crippen LogP contribution in [0.25, 0.3) is 0 Å². The molecule has 0 bridgehead atoms. The Morgan fingerprint density at radius 1 is 1.30 bits per heavy atom. The topological polar surface area (TPSA) is 93.4 Å². The van der Waals surface area contributed by atoms with Gasteiger partial charge in [-0.2, -0.15) is 0 Å². The maximum absolute atomic E-state index is 12.3. The van der Waals surface area contributed by atoms with Crippen molar-refractivity contribution in [2.75, 3.05) is 13.1 Å². The molecule has 27 heavy (non-hydrogen) atoms. The molecule has 1 fully saturated rings. The summed E-state index contributed by atoms with van der Waals surface area (Å²) in [6.07, 6.45) is 1.36. The first-order valence-electron chi connectivity index (χ1n) is 9.22. The number of furan rings is 1. The van der Waals surface area contributed by atoms with E-state index in [0.717, 1.165) is 5.76 Å². The number of piperidine rings is 1. The Morgan fingerprint density at radius 3 is 2.59 bits per heavy atom. The molecular weight excluding hydrogens is 350 g/mol. The van der Waals surface area contributed by atoms with E-state index in [9.17, 15) is 9.59 Å².